The van der Waals surface area contributed by atoms with Gasteiger partial charge < -0.3 is 10.1 Å². The van der Waals surface area contributed by atoms with E-state index >= 15 is 0 Å². The molecule has 40 heavy (non-hydrogen) atoms. The molecule has 1 amide bonds. The summed E-state index contributed by atoms with van der Waals surface area (Å²) in [6, 6.07) is 14.0. The van der Waals surface area contributed by atoms with Gasteiger partial charge in [-0.25, -0.2) is 8.78 Å². The number of amides is 1. The number of methoxy groups -OCH3 is 1. The second kappa shape index (κ2) is 10.8. The van der Waals surface area contributed by atoms with E-state index in [-0.39, 0.29) is 47.8 Å². The molecule has 1 aromatic heterocycles. The van der Waals surface area contributed by atoms with Crippen LogP contribution in [0.5, 0.6) is 5.75 Å². The maximum Gasteiger partial charge on any atom is 0.307 e. The van der Waals surface area contributed by atoms with Crippen LogP contribution in [0.15, 0.2) is 60.9 Å². The summed E-state index contributed by atoms with van der Waals surface area (Å²) < 4.78 is 34.7. The number of benzene rings is 2. The normalized spacial score (nSPS) is 29.5. The summed E-state index contributed by atoms with van der Waals surface area (Å²) in [5.74, 6) is 0.214. The lowest BCUT2D eigenvalue weighted by atomic mass is 9.73. The van der Waals surface area contributed by atoms with E-state index in [1.54, 1.807) is 6.07 Å². The van der Waals surface area contributed by atoms with Crippen LogP contribution in [0.2, 0.25) is 0 Å². The highest BCUT2D eigenvalue weighted by molar-refractivity contribution is 8.01. The van der Waals surface area contributed by atoms with Crippen LogP contribution in [0.25, 0.3) is 0 Å². The third kappa shape index (κ3) is 4.93. The highest BCUT2D eigenvalue weighted by atomic mass is 32.2. The van der Waals surface area contributed by atoms with E-state index in [1.165, 1.54) is 35.9 Å². The first-order valence-corrected chi connectivity index (χ1v) is 13.9. The van der Waals surface area contributed by atoms with Gasteiger partial charge in [0.15, 0.2) is 0 Å². The minimum atomic E-state index is -2.50. The van der Waals surface area contributed by atoms with Crippen LogP contribution < -0.4 is 20.7 Å². The molecular formula is C27H28F2N6O4S. The molecule has 0 aliphatic carbocycles. The van der Waals surface area contributed by atoms with Gasteiger partial charge in [-0.2, -0.15) is 5.10 Å². The Hall–Kier alpha value is -3.55. The number of piperidine rings is 1. The third-order valence-electron chi connectivity index (χ3n) is 7.97. The lowest BCUT2D eigenvalue weighted by Gasteiger charge is -2.43. The van der Waals surface area contributed by atoms with Gasteiger partial charge in [0.05, 0.1) is 30.0 Å². The largest absolute Gasteiger partial charge is 0.496 e. The van der Waals surface area contributed by atoms with Crippen LogP contribution >= 0.6 is 11.8 Å². The molecule has 210 valence electrons. The van der Waals surface area contributed by atoms with Gasteiger partial charge in [-0.15, -0.1) is 11.8 Å². The average Bonchev–Trinajstić information content (AvgIpc) is 3.58. The highest BCUT2D eigenvalue weighted by Gasteiger charge is 2.56. The summed E-state index contributed by atoms with van der Waals surface area (Å²) in [5.41, 5.74) is 2.40. The Labute approximate surface area is 233 Å². The van der Waals surface area contributed by atoms with Gasteiger partial charge in [0.25, 0.3) is 6.43 Å². The first-order valence-electron chi connectivity index (χ1n) is 13.0. The van der Waals surface area contributed by atoms with Gasteiger partial charge in [-0.05, 0) is 35.6 Å². The Kier molecular flexibility index (Phi) is 7.19. The van der Waals surface area contributed by atoms with Crippen LogP contribution in [0, 0.1) is 16.0 Å². The zero-order chi connectivity index (χ0) is 28.0. The van der Waals surface area contributed by atoms with Crippen molar-refractivity contribution in [1.29, 1.82) is 0 Å². The van der Waals surface area contributed by atoms with Gasteiger partial charge in [0.1, 0.15) is 29.6 Å². The van der Waals surface area contributed by atoms with Crippen molar-refractivity contribution in [3.05, 3.63) is 87.7 Å². The molecule has 13 heteroatoms. The predicted octanol–water partition coefficient (Wildman–Crippen LogP) is 3.40. The number of ether oxygens (including phenoxy) is 1. The maximum atomic E-state index is 13.9. The van der Waals surface area contributed by atoms with E-state index in [4.69, 9.17) is 4.74 Å². The lowest BCUT2D eigenvalue weighted by Crippen LogP contribution is -2.61. The first kappa shape index (κ1) is 26.7. The molecule has 3 aliphatic rings. The Morgan fingerprint density at radius 3 is 2.70 bits per heavy atom. The van der Waals surface area contributed by atoms with Crippen molar-refractivity contribution in [1.82, 2.24) is 25.7 Å². The Morgan fingerprint density at radius 1 is 1.20 bits per heavy atom. The molecule has 0 radical (unpaired) electrons. The molecule has 10 nitrogen and oxygen atoms in total. The van der Waals surface area contributed by atoms with Gasteiger partial charge in [0.2, 0.25) is 5.91 Å². The molecule has 4 heterocycles. The zero-order valence-electron chi connectivity index (χ0n) is 21.4. The molecule has 6 rings (SSSR count). The molecular weight excluding hydrogens is 542 g/mol. The number of carbonyl (C=O) groups is 1. The molecule has 0 bridgehead atoms. The summed E-state index contributed by atoms with van der Waals surface area (Å²) >= 11 is 1.41. The molecule has 0 saturated carbocycles. The van der Waals surface area contributed by atoms with Crippen molar-refractivity contribution in [2.75, 3.05) is 7.11 Å². The fourth-order valence-electron chi connectivity index (χ4n) is 6.15. The number of halogens is 2. The summed E-state index contributed by atoms with van der Waals surface area (Å²) in [7, 11) is 1.54. The fourth-order valence-corrected chi connectivity index (χ4v) is 7.88. The molecule has 3 saturated heterocycles. The van der Waals surface area contributed by atoms with Gasteiger partial charge in [-0.3, -0.25) is 30.2 Å². The van der Waals surface area contributed by atoms with Crippen LogP contribution in [0.3, 0.4) is 0 Å². The number of nitro groups is 1. The van der Waals surface area contributed by atoms with E-state index < -0.39 is 28.8 Å². The number of fused-ring (bicyclic) bond motifs is 3. The van der Waals surface area contributed by atoms with Crippen LogP contribution in [-0.4, -0.2) is 56.9 Å². The number of nitrogens with one attached hydrogen (secondary N) is 3. The molecule has 2 aromatic carbocycles. The van der Waals surface area contributed by atoms with Gasteiger partial charge in [-0.1, -0.05) is 36.4 Å². The lowest BCUT2D eigenvalue weighted by molar-refractivity contribution is -0.385. The maximum absolute atomic E-state index is 13.9. The number of thioether (sulfide) groups is 1. The first-order chi connectivity index (χ1) is 19.3. The quantitative estimate of drug-likeness (QED) is 0.292. The number of carbonyl (C=O) groups excluding carboxylic acids is 1. The highest BCUT2D eigenvalue weighted by Crippen LogP contribution is 2.51. The number of nitrogens with zero attached hydrogens (tertiary/aromatic N) is 3. The molecule has 3 fully saturated rings. The minimum absolute atomic E-state index is 0.0803. The monoisotopic (exact) mass is 570 g/mol. The summed E-state index contributed by atoms with van der Waals surface area (Å²) in [6.45, 7) is 0.229. The SMILES string of the molecule is COc1ccc(C2NC(=O)C3SC4NC(C(F)F)CC(c5ccccc5)C4C3N2)cc1Cn1cc([N+](=O)[O-])cn1. The van der Waals surface area contributed by atoms with Crippen molar-refractivity contribution in [3.63, 3.8) is 0 Å². The molecule has 3 N–H and O–H groups in total. The third-order valence-corrected chi connectivity index (χ3v) is 9.52. The summed E-state index contributed by atoms with van der Waals surface area (Å²) in [5, 5.41) is 24.2. The number of aromatic nitrogens is 2. The fraction of sp³-hybridized carbons (Fsp3) is 0.407. The number of rotatable bonds is 7. The second-order valence-corrected chi connectivity index (χ2v) is 11.6. The van der Waals surface area contributed by atoms with Gasteiger partial charge >= 0.3 is 5.69 Å². The smallest absolute Gasteiger partial charge is 0.307 e. The van der Waals surface area contributed by atoms with Crippen molar-refractivity contribution in [3.8, 4) is 5.75 Å². The van der Waals surface area contributed by atoms with E-state index in [1.807, 2.05) is 42.5 Å². The number of hydrogen-bond acceptors (Lipinski definition) is 8. The standard InChI is InChI=1S/C27H28F2N6O4S/c1-39-20-8-7-15(9-16(20)12-34-13-17(11-30-34)35(37)38)25-32-22-21-18(14-5-3-2-4-6-14)10-19(24(28)29)31-27(21)40-23(22)26(36)33-25/h2-9,11,13,18-19,21-25,27,31-32H,10,12H2,1H3,(H,33,36). The molecule has 0 spiro atoms. The minimum Gasteiger partial charge on any atom is -0.496 e. The molecule has 7 unspecified atom stereocenters. The van der Waals surface area contributed by atoms with Crippen molar-refractivity contribution < 1.29 is 23.2 Å². The van der Waals surface area contributed by atoms with Crippen molar-refractivity contribution in [2.24, 2.45) is 5.92 Å². The Bertz CT molecular complexity index is 1410. The summed E-state index contributed by atoms with van der Waals surface area (Å²) in [6.07, 6.45) is -0.205. The Morgan fingerprint density at radius 2 is 2.00 bits per heavy atom. The Balaban J connectivity index is 1.29. The average molecular weight is 571 g/mol. The van der Waals surface area contributed by atoms with E-state index in [9.17, 15) is 23.7 Å². The van der Waals surface area contributed by atoms with Crippen molar-refractivity contribution in [2.45, 2.75) is 54.2 Å². The molecule has 3 aliphatic heterocycles. The van der Waals surface area contributed by atoms with Crippen LogP contribution in [0.1, 0.15) is 35.2 Å². The predicted molar refractivity (Wildman–Crippen MR) is 144 cm³/mol. The van der Waals surface area contributed by atoms with E-state index in [2.05, 4.69) is 21.0 Å². The number of hydrogen-bond donors (Lipinski definition) is 3. The van der Waals surface area contributed by atoms with Crippen molar-refractivity contribution >= 4 is 23.4 Å². The zero-order valence-corrected chi connectivity index (χ0v) is 22.3. The van der Waals surface area contributed by atoms with E-state index in [0.717, 1.165) is 16.7 Å². The van der Waals surface area contributed by atoms with Gasteiger partial charge in [0, 0.05) is 17.5 Å². The van der Waals surface area contributed by atoms with Crippen LogP contribution in [-0.2, 0) is 11.3 Å². The molecule has 7 atom stereocenters. The number of alkyl halides is 2. The van der Waals surface area contributed by atoms with Crippen LogP contribution in [0.4, 0.5) is 14.5 Å². The second-order valence-electron chi connectivity index (χ2n) is 10.3. The molecule has 3 aromatic rings. The summed E-state index contributed by atoms with van der Waals surface area (Å²) in [4.78, 5) is 23.9. The topological polar surface area (TPSA) is 123 Å². The van der Waals surface area contributed by atoms with E-state index in [0.29, 0.717) is 5.75 Å².